The molecule has 0 aliphatic carbocycles. The summed E-state index contributed by atoms with van der Waals surface area (Å²) in [4.78, 5) is 0. The maximum atomic E-state index is 5.62. The van der Waals surface area contributed by atoms with Crippen LogP contribution in [-0.2, 0) is 13.3 Å². The topological polar surface area (TPSA) is 34.2 Å². The van der Waals surface area contributed by atoms with E-state index < -0.39 is 17.4 Å². The van der Waals surface area contributed by atoms with Gasteiger partial charge in [0.1, 0.15) is 0 Å². The molecule has 0 N–H and O–H groups in total. The van der Waals surface area contributed by atoms with Crippen LogP contribution >= 0.6 is 0 Å². The summed E-state index contributed by atoms with van der Waals surface area (Å²) < 4.78 is 21.5. The molecule has 0 atom stereocenters. The Morgan fingerprint density at radius 1 is 0.882 bits per heavy atom. The average molecular weight is 281 g/mol. The third-order valence-corrected chi connectivity index (χ3v) is 12.3. The SMILES string of the molecule is CO[Si](OC)(OC)N(C(C)C)[Si](C)(C)N(C)C. The lowest BCUT2D eigenvalue weighted by Crippen LogP contribution is -2.74. The molecule has 0 saturated heterocycles. The molecule has 0 rings (SSSR count). The van der Waals surface area contributed by atoms with Gasteiger partial charge >= 0.3 is 8.97 Å². The molecular formula is C10H28N2O3Si2. The highest BCUT2D eigenvalue weighted by Crippen LogP contribution is 2.25. The van der Waals surface area contributed by atoms with Crippen LogP contribution in [0.25, 0.3) is 0 Å². The maximum absolute atomic E-state index is 5.62. The van der Waals surface area contributed by atoms with E-state index in [-0.39, 0.29) is 0 Å². The molecular weight excluding hydrogens is 252 g/mol. The first-order valence-electron chi connectivity index (χ1n) is 5.82. The van der Waals surface area contributed by atoms with Gasteiger partial charge in [-0.25, -0.2) is 0 Å². The van der Waals surface area contributed by atoms with Gasteiger partial charge in [0.15, 0.2) is 8.40 Å². The predicted octanol–water partition coefficient (Wildman–Crippen LogP) is 1.33. The van der Waals surface area contributed by atoms with Crippen LogP contribution in [0.1, 0.15) is 13.8 Å². The Morgan fingerprint density at radius 2 is 1.24 bits per heavy atom. The van der Waals surface area contributed by atoms with Crippen LogP contribution in [-0.4, -0.2) is 67.6 Å². The molecule has 0 spiro atoms. The minimum atomic E-state index is -2.75. The van der Waals surface area contributed by atoms with E-state index in [1.54, 1.807) is 21.3 Å². The van der Waals surface area contributed by atoms with Gasteiger partial charge in [-0.1, -0.05) is 13.8 Å². The molecule has 0 bridgehead atoms. The molecule has 17 heavy (non-hydrogen) atoms. The van der Waals surface area contributed by atoms with Crippen molar-refractivity contribution in [3.05, 3.63) is 0 Å². The van der Waals surface area contributed by atoms with Crippen LogP contribution in [0.15, 0.2) is 0 Å². The summed E-state index contributed by atoms with van der Waals surface area (Å²) in [6.07, 6.45) is 0. The molecule has 0 radical (unpaired) electrons. The Bertz CT molecular complexity index is 225. The molecule has 5 nitrogen and oxygen atoms in total. The standard InChI is InChI=1S/C10H28N2O3Si2/c1-10(2)12(16(8,9)11(3)4)17(13-5,14-6)15-7/h10H,1-9H3. The molecule has 0 amide bonds. The Kier molecular flexibility index (Phi) is 6.50. The summed E-state index contributed by atoms with van der Waals surface area (Å²) in [5.74, 6) is 0. The molecule has 7 heteroatoms. The zero-order chi connectivity index (χ0) is 13.9. The quantitative estimate of drug-likeness (QED) is 0.657. The fourth-order valence-corrected chi connectivity index (χ4v) is 9.56. The van der Waals surface area contributed by atoms with Crippen LogP contribution in [0, 0.1) is 0 Å². The number of rotatable bonds is 7. The highest BCUT2D eigenvalue weighted by Gasteiger charge is 2.55. The molecule has 0 aromatic carbocycles. The third kappa shape index (κ3) is 3.37. The van der Waals surface area contributed by atoms with Gasteiger partial charge in [0.2, 0.25) is 0 Å². The molecule has 0 aromatic heterocycles. The zero-order valence-electron chi connectivity index (χ0n) is 12.7. The number of hydrogen-bond acceptors (Lipinski definition) is 5. The second-order valence-corrected chi connectivity index (χ2v) is 12.6. The molecule has 0 aliphatic rings. The van der Waals surface area contributed by atoms with Crippen molar-refractivity contribution in [3.63, 3.8) is 0 Å². The lowest BCUT2D eigenvalue weighted by molar-refractivity contribution is 0.0701. The fourth-order valence-electron chi connectivity index (χ4n) is 2.04. The summed E-state index contributed by atoms with van der Waals surface area (Å²) in [5, 5.41) is 0. The minimum absolute atomic E-state index is 0.311. The van der Waals surface area contributed by atoms with Gasteiger partial charge in [-0.3, -0.25) is 4.23 Å². The van der Waals surface area contributed by atoms with Crippen molar-refractivity contribution in [2.45, 2.75) is 33.0 Å². The maximum Gasteiger partial charge on any atom is 0.593 e. The first-order chi connectivity index (χ1) is 7.69. The normalized spacial score (nSPS) is 14.1. The highest BCUT2D eigenvalue weighted by molar-refractivity contribution is 6.82. The largest absolute Gasteiger partial charge is 0.593 e. The van der Waals surface area contributed by atoms with Crippen molar-refractivity contribution in [3.8, 4) is 0 Å². The number of hydrogen-bond donors (Lipinski definition) is 0. The lowest BCUT2D eigenvalue weighted by Gasteiger charge is -2.49. The van der Waals surface area contributed by atoms with Crippen LogP contribution in [0.2, 0.25) is 13.1 Å². The van der Waals surface area contributed by atoms with E-state index in [0.29, 0.717) is 6.04 Å². The van der Waals surface area contributed by atoms with E-state index in [0.717, 1.165) is 0 Å². The smallest absolute Gasteiger partial charge is 0.365 e. The summed E-state index contributed by atoms with van der Waals surface area (Å²) in [6.45, 7) is 8.84. The average Bonchev–Trinajstić information content (AvgIpc) is 2.24. The second-order valence-electron chi connectivity index (χ2n) is 4.99. The highest BCUT2D eigenvalue weighted by atomic mass is 28.4. The van der Waals surface area contributed by atoms with Crippen LogP contribution in [0.3, 0.4) is 0 Å². The summed E-state index contributed by atoms with van der Waals surface area (Å²) in [7, 11) is 4.61. The first-order valence-corrected chi connectivity index (χ1v) is 10.4. The Balaban J connectivity index is 5.49. The Hall–Kier alpha value is 0.234. The molecule has 0 unspecified atom stereocenters. The molecule has 0 saturated carbocycles. The molecule has 0 aromatic rings. The van der Waals surface area contributed by atoms with E-state index in [9.17, 15) is 0 Å². The van der Waals surface area contributed by atoms with E-state index in [1.165, 1.54) is 0 Å². The predicted molar refractivity (Wildman–Crippen MR) is 74.9 cm³/mol. The van der Waals surface area contributed by atoms with Gasteiger partial charge in [0, 0.05) is 21.3 Å². The molecule has 0 aliphatic heterocycles. The molecule has 104 valence electrons. The number of nitrogens with zero attached hydrogens (tertiary/aromatic N) is 2. The molecule has 0 fully saturated rings. The van der Waals surface area contributed by atoms with E-state index in [4.69, 9.17) is 13.3 Å². The van der Waals surface area contributed by atoms with Gasteiger partial charge in [-0.15, -0.1) is 0 Å². The summed E-state index contributed by atoms with van der Waals surface area (Å²) >= 11 is 0. The third-order valence-electron chi connectivity index (χ3n) is 3.27. The van der Waals surface area contributed by atoms with Crippen LogP contribution in [0.5, 0.6) is 0 Å². The van der Waals surface area contributed by atoms with Gasteiger partial charge in [0.05, 0.1) is 0 Å². The Labute approximate surface area is 108 Å². The van der Waals surface area contributed by atoms with Crippen molar-refractivity contribution in [1.82, 2.24) is 8.80 Å². The van der Waals surface area contributed by atoms with Gasteiger partial charge in [-0.2, -0.15) is 0 Å². The van der Waals surface area contributed by atoms with Gasteiger partial charge in [-0.05, 0) is 33.2 Å². The van der Waals surface area contributed by atoms with Crippen LogP contribution < -0.4 is 0 Å². The molecule has 0 heterocycles. The van der Waals surface area contributed by atoms with Crippen molar-refractivity contribution < 1.29 is 13.3 Å². The Morgan fingerprint density at radius 3 is 1.41 bits per heavy atom. The fraction of sp³-hybridized carbons (Fsp3) is 1.00. The van der Waals surface area contributed by atoms with E-state index in [2.05, 4.69) is 49.8 Å². The van der Waals surface area contributed by atoms with E-state index in [1.807, 2.05) is 0 Å². The lowest BCUT2D eigenvalue weighted by atomic mass is 10.4. The van der Waals surface area contributed by atoms with Crippen molar-refractivity contribution in [1.29, 1.82) is 0 Å². The zero-order valence-corrected chi connectivity index (χ0v) is 14.7. The van der Waals surface area contributed by atoms with Crippen LogP contribution in [0.4, 0.5) is 0 Å². The first kappa shape index (κ1) is 17.2. The monoisotopic (exact) mass is 280 g/mol. The van der Waals surface area contributed by atoms with Gasteiger partial charge < -0.3 is 17.8 Å². The van der Waals surface area contributed by atoms with Crippen molar-refractivity contribution >= 4 is 17.4 Å². The van der Waals surface area contributed by atoms with E-state index >= 15 is 0 Å². The van der Waals surface area contributed by atoms with Gasteiger partial charge in [0.25, 0.3) is 0 Å². The van der Waals surface area contributed by atoms with Crippen molar-refractivity contribution in [2.75, 3.05) is 35.4 Å². The second kappa shape index (κ2) is 6.41. The minimum Gasteiger partial charge on any atom is -0.365 e. The summed E-state index contributed by atoms with van der Waals surface area (Å²) in [6, 6.07) is 0.311. The van der Waals surface area contributed by atoms with Crippen molar-refractivity contribution in [2.24, 2.45) is 0 Å². The summed E-state index contributed by atoms with van der Waals surface area (Å²) in [5.41, 5.74) is 0.